The molecule has 1 atom stereocenters. The molecule has 0 amide bonds. The largest absolute Gasteiger partial charge is 0.461 e. The summed E-state index contributed by atoms with van der Waals surface area (Å²) in [5, 5.41) is 4.86. The number of fused-ring (bicyclic) bond motifs is 1. The summed E-state index contributed by atoms with van der Waals surface area (Å²) < 4.78 is 6.00. The number of rotatable bonds is 6. The van der Waals surface area contributed by atoms with Crippen molar-refractivity contribution in [1.82, 2.24) is 5.32 Å². The fourth-order valence-corrected chi connectivity index (χ4v) is 2.95. The summed E-state index contributed by atoms with van der Waals surface area (Å²) in [5.41, 5.74) is 2.29. The molecule has 0 radical (unpaired) electrons. The number of hydrogen-bond donors (Lipinski definition) is 1. The molecular weight excluding hydrogens is 234 g/mol. The molecule has 1 aromatic carbocycles. The molecule has 2 nitrogen and oxygen atoms in total. The fraction of sp³-hybridized carbons (Fsp3) is 0.529. The van der Waals surface area contributed by atoms with Crippen LogP contribution in [0.3, 0.4) is 0 Å². The van der Waals surface area contributed by atoms with E-state index in [4.69, 9.17) is 4.42 Å². The first kappa shape index (κ1) is 12.7. The zero-order valence-corrected chi connectivity index (χ0v) is 11.9. The number of nitrogens with one attached hydrogen (secondary N) is 1. The Bertz CT molecular complexity index is 553. The predicted molar refractivity (Wildman–Crippen MR) is 79.5 cm³/mol. The molecule has 1 aliphatic carbocycles. The van der Waals surface area contributed by atoms with E-state index in [-0.39, 0.29) is 0 Å². The molecule has 0 aliphatic heterocycles. The van der Waals surface area contributed by atoms with Crippen LogP contribution in [0.1, 0.15) is 37.5 Å². The van der Waals surface area contributed by atoms with Gasteiger partial charge in [0.1, 0.15) is 11.3 Å². The number of hydrogen-bond acceptors (Lipinski definition) is 2. The second-order valence-corrected chi connectivity index (χ2v) is 5.75. The van der Waals surface area contributed by atoms with E-state index in [0.717, 1.165) is 30.2 Å². The average Bonchev–Trinajstić information content (AvgIpc) is 3.15. The minimum Gasteiger partial charge on any atom is -0.461 e. The Morgan fingerprint density at radius 3 is 2.89 bits per heavy atom. The smallest absolute Gasteiger partial charge is 0.137 e. The molecule has 1 unspecified atom stereocenters. The molecule has 102 valence electrons. The predicted octanol–water partition coefficient (Wildman–Crippen LogP) is 4.06. The van der Waals surface area contributed by atoms with Crippen molar-refractivity contribution in [1.29, 1.82) is 0 Å². The lowest BCUT2D eigenvalue weighted by molar-refractivity contribution is 0.426. The fourth-order valence-electron chi connectivity index (χ4n) is 2.95. The lowest BCUT2D eigenvalue weighted by atomic mass is 10.1. The maximum Gasteiger partial charge on any atom is 0.137 e. The second kappa shape index (κ2) is 5.38. The van der Waals surface area contributed by atoms with Gasteiger partial charge in [-0.1, -0.05) is 25.1 Å². The molecule has 19 heavy (non-hydrogen) atoms. The van der Waals surface area contributed by atoms with E-state index >= 15 is 0 Å². The van der Waals surface area contributed by atoms with Gasteiger partial charge in [-0.25, -0.2) is 0 Å². The zero-order chi connectivity index (χ0) is 13.2. The molecule has 1 fully saturated rings. The number of aryl methyl sites for hydroxylation is 2. The van der Waals surface area contributed by atoms with Gasteiger partial charge in [-0.2, -0.15) is 0 Å². The van der Waals surface area contributed by atoms with Crippen molar-refractivity contribution in [2.24, 2.45) is 5.92 Å². The van der Waals surface area contributed by atoms with E-state index in [2.05, 4.69) is 43.4 Å². The lowest BCUT2D eigenvalue weighted by Crippen LogP contribution is -2.31. The number of para-hydroxylation sites is 1. The Hall–Kier alpha value is -1.28. The highest BCUT2D eigenvalue weighted by Gasteiger charge is 2.30. The zero-order valence-electron chi connectivity index (χ0n) is 11.9. The van der Waals surface area contributed by atoms with Gasteiger partial charge >= 0.3 is 0 Å². The first-order chi connectivity index (χ1) is 9.28. The van der Waals surface area contributed by atoms with E-state index in [0.29, 0.717) is 6.04 Å². The number of furan rings is 1. The Labute approximate surface area is 115 Å². The maximum atomic E-state index is 6.00. The third-order valence-corrected chi connectivity index (χ3v) is 4.15. The van der Waals surface area contributed by atoms with Crippen LogP contribution >= 0.6 is 0 Å². The molecule has 3 rings (SSSR count). The van der Waals surface area contributed by atoms with Gasteiger partial charge in [-0.05, 0) is 50.3 Å². The summed E-state index contributed by atoms with van der Waals surface area (Å²) in [6.45, 7) is 5.38. The van der Waals surface area contributed by atoms with Crippen molar-refractivity contribution in [3.8, 4) is 0 Å². The van der Waals surface area contributed by atoms with Crippen LogP contribution in [0.4, 0.5) is 0 Å². The maximum absolute atomic E-state index is 6.00. The van der Waals surface area contributed by atoms with Gasteiger partial charge in [-0.3, -0.25) is 0 Å². The van der Waals surface area contributed by atoms with Crippen molar-refractivity contribution < 1.29 is 4.42 Å². The van der Waals surface area contributed by atoms with Crippen LogP contribution in [-0.4, -0.2) is 12.6 Å². The van der Waals surface area contributed by atoms with Gasteiger partial charge in [0.15, 0.2) is 0 Å². The molecule has 1 heterocycles. The average molecular weight is 257 g/mol. The van der Waals surface area contributed by atoms with Crippen molar-refractivity contribution in [2.45, 2.75) is 45.6 Å². The van der Waals surface area contributed by atoms with E-state index in [9.17, 15) is 0 Å². The number of benzene rings is 1. The highest BCUT2D eigenvalue weighted by atomic mass is 16.3. The Balaban J connectivity index is 1.69. The molecule has 1 saturated carbocycles. The minimum atomic E-state index is 0.680. The van der Waals surface area contributed by atoms with Gasteiger partial charge in [0.2, 0.25) is 0 Å². The highest BCUT2D eigenvalue weighted by Crippen LogP contribution is 2.34. The highest BCUT2D eigenvalue weighted by molar-refractivity contribution is 5.80. The van der Waals surface area contributed by atoms with Crippen LogP contribution in [0.15, 0.2) is 28.7 Å². The van der Waals surface area contributed by atoms with Gasteiger partial charge < -0.3 is 9.73 Å². The topological polar surface area (TPSA) is 25.2 Å². The van der Waals surface area contributed by atoms with Gasteiger partial charge in [-0.15, -0.1) is 0 Å². The van der Waals surface area contributed by atoms with Crippen LogP contribution in [0.25, 0.3) is 11.0 Å². The van der Waals surface area contributed by atoms with Crippen LogP contribution in [0, 0.1) is 12.8 Å². The summed E-state index contributed by atoms with van der Waals surface area (Å²) >= 11 is 0. The van der Waals surface area contributed by atoms with Gasteiger partial charge in [0, 0.05) is 17.8 Å². The van der Waals surface area contributed by atoms with E-state index in [1.54, 1.807) is 0 Å². The minimum absolute atomic E-state index is 0.680. The Morgan fingerprint density at radius 1 is 1.37 bits per heavy atom. The molecular formula is C17H23NO. The van der Waals surface area contributed by atoms with Crippen LogP contribution in [0.5, 0.6) is 0 Å². The third kappa shape index (κ3) is 2.84. The molecule has 0 saturated heterocycles. The third-order valence-electron chi connectivity index (χ3n) is 4.15. The summed E-state index contributed by atoms with van der Waals surface area (Å²) in [6, 6.07) is 9.24. The standard InChI is InChI=1S/C17H23NO/c1-3-18-16(13-7-8-13)10-9-15-11-14-6-4-5-12(2)17(14)19-15/h4-6,11,13,16,18H,3,7-10H2,1-2H3. The molecule has 1 aromatic heterocycles. The molecule has 1 aliphatic rings. The second-order valence-electron chi connectivity index (χ2n) is 5.75. The monoisotopic (exact) mass is 257 g/mol. The molecule has 1 N–H and O–H groups in total. The first-order valence-corrected chi connectivity index (χ1v) is 7.49. The van der Waals surface area contributed by atoms with E-state index < -0.39 is 0 Å². The Kier molecular flexibility index (Phi) is 3.61. The molecule has 0 spiro atoms. The van der Waals surface area contributed by atoms with E-state index in [1.165, 1.54) is 30.2 Å². The quantitative estimate of drug-likeness (QED) is 0.844. The van der Waals surface area contributed by atoms with E-state index in [1.807, 2.05) is 0 Å². The van der Waals surface area contributed by atoms with Gasteiger partial charge in [0.25, 0.3) is 0 Å². The molecule has 0 bridgehead atoms. The summed E-state index contributed by atoms with van der Waals surface area (Å²) in [4.78, 5) is 0. The summed E-state index contributed by atoms with van der Waals surface area (Å²) in [6.07, 6.45) is 5.04. The van der Waals surface area contributed by atoms with Crippen LogP contribution in [0.2, 0.25) is 0 Å². The SMILES string of the molecule is CCNC(CCc1cc2cccc(C)c2o1)C1CC1. The van der Waals surface area contributed by atoms with Crippen molar-refractivity contribution in [3.63, 3.8) is 0 Å². The van der Waals surface area contributed by atoms with Crippen LogP contribution < -0.4 is 5.32 Å². The molecule has 2 aromatic rings. The Morgan fingerprint density at radius 2 is 2.21 bits per heavy atom. The normalized spacial score (nSPS) is 16.9. The van der Waals surface area contributed by atoms with Crippen molar-refractivity contribution in [3.05, 3.63) is 35.6 Å². The summed E-state index contributed by atoms with van der Waals surface area (Å²) in [7, 11) is 0. The summed E-state index contributed by atoms with van der Waals surface area (Å²) in [5.74, 6) is 2.04. The van der Waals surface area contributed by atoms with Gasteiger partial charge in [0.05, 0.1) is 0 Å². The van der Waals surface area contributed by atoms with Crippen molar-refractivity contribution in [2.75, 3.05) is 6.54 Å². The first-order valence-electron chi connectivity index (χ1n) is 7.49. The van der Waals surface area contributed by atoms with Crippen LogP contribution in [-0.2, 0) is 6.42 Å². The molecule has 2 heteroatoms. The lowest BCUT2D eigenvalue weighted by Gasteiger charge is -2.16. The van der Waals surface area contributed by atoms with Crippen molar-refractivity contribution >= 4 is 11.0 Å².